The van der Waals surface area contributed by atoms with Crippen LogP contribution in [0.3, 0.4) is 0 Å². The summed E-state index contributed by atoms with van der Waals surface area (Å²) in [4.78, 5) is 0. The summed E-state index contributed by atoms with van der Waals surface area (Å²) in [5, 5.41) is 6.36. The van der Waals surface area contributed by atoms with E-state index in [9.17, 15) is 8.42 Å². The summed E-state index contributed by atoms with van der Waals surface area (Å²) in [6.07, 6.45) is 1.57. The molecule has 10 heavy (non-hydrogen) atoms. The number of nitrogens with zero attached hydrogens (tertiary/aromatic N) is 1. The highest BCUT2D eigenvalue weighted by molar-refractivity contribution is 7.90. The summed E-state index contributed by atoms with van der Waals surface area (Å²) < 4.78 is 21.8. The summed E-state index contributed by atoms with van der Waals surface area (Å²) in [7, 11) is -2.83. The van der Waals surface area contributed by atoms with Crippen LogP contribution in [0.2, 0.25) is 0 Å². The first-order valence-corrected chi connectivity index (χ1v) is 4.71. The van der Waals surface area contributed by atoms with E-state index in [0.717, 1.165) is 11.3 Å². The topological polar surface area (TPSA) is 62.8 Å². The average molecular weight is 158 g/mol. The Labute approximate surface area is 58.2 Å². The lowest BCUT2D eigenvalue weighted by molar-refractivity contribution is 0.597. The maximum absolute atomic E-state index is 10.9. The molecule has 0 spiro atoms. The van der Waals surface area contributed by atoms with E-state index in [2.05, 4.69) is 10.2 Å². The molecule has 2 heterocycles. The Bertz CT molecular complexity index is 325. The van der Waals surface area contributed by atoms with Crippen molar-refractivity contribution >= 4 is 9.84 Å². The summed E-state index contributed by atoms with van der Waals surface area (Å²) >= 11 is 0. The maximum atomic E-state index is 10.9. The van der Waals surface area contributed by atoms with Crippen molar-refractivity contribution in [1.29, 1.82) is 0 Å². The third-order valence-corrected chi connectivity index (χ3v) is 3.03. The van der Waals surface area contributed by atoms with E-state index < -0.39 is 9.84 Å². The molecule has 4 nitrogen and oxygen atoms in total. The van der Waals surface area contributed by atoms with E-state index in [4.69, 9.17) is 0 Å². The molecule has 5 heteroatoms. The first kappa shape index (κ1) is 5.91. The monoisotopic (exact) mass is 158 g/mol. The Morgan fingerprint density at radius 1 is 1.50 bits per heavy atom. The predicted octanol–water partition coefficient (Wildman–Crippen LogP) is -0.162. The lowest BCUT2D eigenvalue weighted by Crippen LogP contribution is -1.97. The average Bonchev–Trinajstić information content (AvgIpc) is 2.20. The van der Waals surface area contributed by atoms with Gasteiger partial charge in [0.05, 0.1) is 23.4 Å². The lowest BCUT2D eigenvalue weighted by atomic mass is 10.3. The molecule has 0 saturated carbocycles. The van der Waals surface area contributed by atoms with Crippen LogP contribution >= 0.6 is 0 Å². The first-order chi connectivity index (χ1) is 4.67. The zero-order valence-electron chi connectivity index (χ0n) is 5.16. The van der Waals surface area contributed by atoms with Crippen molar-refractivity contribution in [2.45, 2.75) is 11.5 Å². The molecule has 1 N–H and O–H groups in total. The van der Waals surface area contributed by atoms with Gasteiger partial charge in [-0.05, 0) is 0 Å². The molecule has 54 valence electrons. The summed E-state index contributed by atoms with van der Waals surface area (Å²) in [6.45, 7) is 0. The van der Waals surface area contributed by atoms with Crippen molar-refractivity contribution in [3.05, 3.63) is 17.5 Å². The summed E-state index contributed by atoms with van der Waals surface area (Å²) in [5.41, 5.74) is 1.57. The Morgan fingerprint density at radius 2 is 2.30 bits per heavy atom. The van der Waals surface area contributed by atoms with Crippen LogP contribution in [0.15, 0.2) is 6.20 Å². The maximum Gasteiger partial charge on any atom is 0.160 e. The van der Waals surface area contributed by atoms with Crippen LogP contribution < -0.4 is 0 Å². The van der Waals surface area contributed by atoms with Crippen LogP contribution in [0.5, 0.6) is 0 Å². The van der Waals surface area contributed by atoms with Crippen LogP contribution in [0.25, 0.3) is 0 Å². The minimum absolute atomic E-state index is 0.127. The van der Waals surface area contributed by atoms with Gasteiger partial charge in [-0.1, -0.05) is 0 Å². The van der Waals surface area contributed by atoms with Crippen molar-refractivity contribution < 1.29 is 8.42 Å². The Hall–Kier alpha value is -0.840. The van der Waals surface area contributed by atoms with E-state index in [1.165, 1.54) is 0 Å². The Morgan fingerprint density at radius 3 is 3.00 bits per heavy atom. The van der Waals surface area contributed by atoms with Gasteiger partial charge in [-0.25, -0.2) is 8.42 Å². The first-order valence-electron chi connectivity index (χ1n) is 2.89. The summed E-state index contributed by atoms with van der Waals surface area (Å²) in [5.74, 6) is 0.279. The molecule has 0 bridgehead atoms. The highest BCUT2D eigenvalue weighted by Gasteiger charge is 2.25. The molecule has 2 rings (SSSR count). The highest BCUT2D eigenvalue weighted by Crippen LogP contribution is 2.21. The second kappa shape index (κ2) is 1.60. The van der Waals surface area contributed by atoms with Crippen molar-refractivity contribution in [2.75, 3.05) is 0 Å². The highest BCUT2D eigenvalue weighted by atomic mass is 32.2. The molecule has 0 saturated heterocycles. The number of aromatic nitrogens is 2. The molecule has 1 aliphatic rings. The fraction of sp³-hybridized carbons (Fsp3) is 0.400. The molecule has 1 aromatic heterocycles. The molecule has 0 atom stereocenters. The molecule has 0 aromatic carbocycles. The number of aromatic amines is 1. The van der Waals surface area contributed by atoms with Crippen molar-refractivity contribution in [3.63, 3.8) is 0 Å². The fourth-order valence-corrected chi connectivity index (χ4v) is 2.61. The molecular formula is C5H6N2O2S. The fourth-order valence-electron chi connectivity index (χ4n) is 1.10. The van der Waals surface area contributed by atoms with Gasteiger partial charge in [0.2, 0.25) is 0 Å². The van der Waals surface area contributed by atoms with Crippen LogP contribution in [0.1, 0.15) is 11.3 Å². The largest absolute Gasteiger partial charge is 0.281 e. The standard InChI is InChI=1S/C5H6N2O2S/c8-10(9)2-4-1-6-7-5(4)3-10/h1H,2-3H2,(H,6,7). The van der Waals surface area contributed by atoms with E-state index in [1.807, 2.05) is 0 Å². The van der Waals surface area contributed by atoms with E-state index in [1.54, 1.807) is 6.20 Å². The van der Waals surface area contributed by atoms with Crippen LogP contribution in [-0.4, -0.2) is 18.6 Å². The van der Waals surface area contributed by atoms with Gasteiger partial charge in [0.1, 0.15) is 0 Å². The molecule has 0 radical (unpaired) electrons. The van der Waals surface area contributed by atoms with Gasteiger partial charge >= 0.3 is 0 Å². The number of sulfone groups is 1. The molecule has 1 aromatic rings. The van der Waals surface area contributed by atoms with E-state index >= 15 is 0 Å². The summed E-state index contributed by atoms with van der Waals surface area (Å²) in [6, 6.07) is 0. The third kappa shape index (κ3) is 0.740. The van der Waals surface area contributed by atoms with Crippen molar-refractivity contribution in [2.24, 2.45) is 0 Å². The zero-order chi connectivity index (χ0) is 7.19. The minimum Gasteiger partial charge on any atom is -0.281 e. The molecule has 0 amide bonds. The Balaban J connectivity index is 2.56. The predicted molar refractivity (Wildman–Crippen MR) is 34.9 cm³/mol. The minimum atomic E-state index is -2.83. The molecular weight excluding hydrogens is 152 g/mol. The third-order valence-electron chi connectivity index (χ3n) is 1.55. The quantitative estimate of drug-likeness (QED) is 0.570. The molecule has 0 fully saturated rings. The number of fused-ring (bicyclic) bond motifs is 1. The van der Waals surface area contributed by atoms with Crippen molar-refractivity contribution in [1.82, 2.24) is 10.2 Å². The lowest BCUT2D eigenvalue weighted by Gasteiger charge is -1.85. The Kier molecular flexibility index (Phi) is 0.947. The van der Waals surface area contributed by atoms with E-state index in [-0.39, 0.29) is 11.5 Å². The van der Waals surface area contributed by atoms with Gasteiger partial charge in [0.15, 0.2) is 9.84 Å². The van der Waals surface area contributed by atoms with Gasteiger partial charge in [0.25, 0.3) is 0 Å². The molecule has 0 aliphatic carbocycles. The zero-order valence-corrected chi connectivity index (χ0v) is 5.98. The van der Waals surface area contributed by atoms with E-state index in [0.29, 0.717) is 0 Å². The van der Waals surface area contributed by atoms with Gasteiger partial charge < -0.3 is 0 Å². The second-order valence-electron chi connectivity index (χ2n) is 2.41. The molecule has 0 unspecified atom stereocenters. The number of nitrogens with one attached hydrogen (secondary N) is 1. The van der Waals surface area contributed by atoms with Gasteiger partial charge in [-0.15, -0.1) is 0 Å². The van der Waals surface area contributed by atoms with Crippen LogP contribution in [-0.2, 0) is 21.3 Å². The van der Waals surface area contributed by atoms with Crippen molar-refractivity contribution in [3.8, 4) is 0 Å². The van der Waals surface area contributed by atoms with Crippen LogP contribution in [0, 0.1) is 0 Å². The number of hydrogen-bond donors (Lipinski definition) is 1. The number of rotatable bonds is 0. The van der Waals surface area contributed by atoms with Crippen LogP contribution in [0.4, 0.5) is 0 Å². The van der Waals surface area contributed by atoms with Gasteiger partial charge in [0, 0.05) is 5.56 Å². The number of hydrogen-bond acceptors (Lipinski definition) is 3. The SMILES string of the molecule is O=S1(=O)Cc2cn[nH]c2C1. The number of H-pyrrole nitrogens is 1. The normalized spacial score (nSPS) is 20.8. The van der Waals surface area contributed by atoms with Gasteiger partial charge in [-0.2, -0.15) is 5.10 Å². The van der Waals surface area contributed by atoms with Gasteiger partial charge in [-0.3, -0.25) is 5.10 Å². The second-order valence-corrected chi connectivity index (χ2v) is 4.47. The smallest absolute Gasteiger partial charge is 0.160 e. The molecule has 1 aliphatic heterocycles.